The molecule has 0 saturated heterocycles. The molecule has 0 bridgehead atoms. The lowest BCUT2D eigenvalue weighted by atomic mass is 10.4. The van der Waals surface area contributed by atoms with Crippen LogP contribution in [0.15, 0.2) is 91.0 Å². The number of benzene rings is 3. The molecular weight excluding hydrogens is 400 g/mol. The van der Waals surface area contributed by atoms with Crippen LogP contribution in [0, 0.1) is 0 Å². The van der Waals surface area contributed by atoms with Crippen LogP contribution in [0.25, 0.3) is 0 Å². The van der Waals surface area contributed by atoms with E-state index in [9.17, 15) is 0 Å². The zero-order valence-electron chi connectivity index (χ0n) is 12.7. The summed E-state index contributed by atoms with van der Waals surface area (Å²) < 4.78 is 0. The summed E-state index contributed by atoms with van der Waals surface area (Å²) >= 11 is 0. The van der Waals surface area contributed by atoms with Crippen molar-refractivity contribution < 1.29 is 0 Å². The second kappa shape index (κ2) is 8.42. The van der Waals surface area contributed by atoms with Crippen LogP contribution < -0.4 is 22.1 Å². The Morgan fingerprint density at radius 3 is 0.955 bits per heavy atom. The van der Waals surface area contributed by atoms with Gasteiger partial charge < -0.3 is 6.15 Å². The van der Waals surface area contributed by atoms with E-state index in [4.69, 9.17) is 0 Å². The van der Waals surface area contributed by atoms with E-state index in [0.29, 0.717) is 0 Å². The molecular formula is C19H22INP+. The zero-order valence-corrected chi connectivity index (χ0v) is 15.9. The van der Waals surface area contributed by atoms with Crippen LogP contribution >= 0.6 is 31.2 Å². The van der Waals surface area contributed by atoms with E-state index >= 15 is 0 Å². The van der Waals surface area contributed by atoms with Gasteiger partial charge >= 0.3 is 0 Å². The summed E-state index contributed by atoms with van der Waals surface area (Å²) in [5.74, 6) is 0. The molecule has 1 nitrogen and oxygen atoms in total. The molecule has 0 unspecified atom stereocenters. The number of hydrogen-bond acceptors (Lipinski definition) is 1. The number of hydrogen-bond donors (Lipinski definition) is 1. The first-order chi connectivity index (χ1) is 9.82. The van der Waals surface area contributed by atoms with Crippen LogP contribution in [0.4, 0.5) is 0 Å². The minimum Gasteiger partial charge on any atom is -0.344 e. The van der Waals surface area contributed by atoms with Crippen LogP contribution in [0.3, 0.4) is 0 Å². The molecule has 0 aliphatic carbocycles. The van der Waals surface area contributed by atoms with Gasteiger partial charge in [0.15, 0.2) is 0 Å². The smallest absolute Gasteiger partial charge is 0.109 e. The van der Waals surface area contributed by atoms with Gasteiger partial charge in [0.25, 0.3) is 0 Å². The highest BCUT2D eigenvalue weighted by Crippen LogP contribution is 2.51. The van der Waals surface area contributed by atoms with Gasteiger partial charge in [-0.2, -0.15) is 0 Å². The fourth-order valence-corrected chi connectivity index (χ4v) is 5.83. The second-order valence-electron chi connectivity index (χ2n) is 5.01. The molecule has 3 aromatic rings. The van der Waals surface area contributed by atoms with E-state index in [0.717, 1.165) is 0 Å². The largest absolute Gasteiger partial charge is 0.344 e. The number of rotatable bonds is 3. The molecule has 22 heavy (non-hydrogen) atoms. The Labute approximate surface area is 150 Å². The molecule has 0 spiro atoms. The lowest BCUT2D eigenvalue weighted by Crippen LogP contribution is -2.30. The van der Waals surface area contributed by atoms with Crippen molar-refractivity contribution in [2.75, 3.05) is 6.66 Å². The molecule has 0 saturated carbocycles. The molecule has 3 aromatic carbocycles. The molecule has 114 valence electrons. The minimum atomic E-state index is -1.53. The van der Waals surface area contributed by atoms with Crippen LogP contribution in [0.1, 0.15) is 0 Å². The SMILES string of the molecule is C[P+](c1ccccc1)(c1ccccc1)c1ccccc1.I.N. The fraction of sp³-hybridized carbons (Fsp3) is 0.0526. The minimum absolute atomic E-state index is 0. The van der Waals surface area contributed by atoms with Crippen molar-refractivity contribution in [1.82, 2.24) is 6.15 Å². The second-order valence-corrected chi connectivity index (χ2v) is 8.57. The number of halogens is 1. The molecule has 0 fully saturated rings. The Hall–Kier alpha value is -1.22. The normalized spacial score (nSPS) is 10.2. The van der Waals surface area contributed by atoms with Gasteiger partial charge in [0.1, 0.15) is 23.2 Å². The molecule has 0 amide bonds. The van der Waals surface area contributed by atoms with Gasteiger partial charge in [-0.15, -0.1) is 24.0 Å². The topological polar surface area (TPSA) is 35.0 Å². The van der Waals surface area contributed by atoms with Crippen molar-refractivity contribution >= 4 is 47.2 Å². The van der Waals surface area contributed by atoms with Crippen molar-refractivity contribution in [1.29, 1.82) is 0 Å². The van der Waals surface area contributed by atoms with E-state index in [1.807, 2.05) is 0 Å². The summed E-state index contributed by atoms with van der Waals surface area (Å²) in [6.07, 6.45) is 0. The molecule has 0 radical (unpaired) electrons. The molecule has 0 heterocycles. The van der Waals surface area contributed by atoms with Crippen LogP contribution in [-0.2, 0) is 0 Å². The van der Waals surface area contributed by atoms with Gasteiger partial charge in [-0.1, -0.05) is 54.6 Å². The first-order valence-corrected chi connectivity index (χ1v) is 9.09. The zero-order chi connectivity index (χ0) is 13.8. The third kappa shape index (κ3) is 3.57. The van der Waals surface area contributed by atoms with Crippen LogP contribution in [0.2, 0.25) is 0 Å². The van der Waals surface area contributed by atoms with Gasteiger partial charge in [0, 0.05) is 0 Å². The maximum atomic E-state index is 2.41. The highest BCUT2D eigenvalue weighted by molar-refractivity contribution is 14.0. The van der Waals surface area contributed by atoms with Crippen molar-refractivity contribution in [2.24, 2.45) is 0 Å². The van der Waals surface area contributed by atoms with Gasteiger partial charge in [-0.3, -0.25) is 0 Å². The van der Waals surface area contributed by atoms with Crippen LogP contribution in [0.5, 0.6) is 0 Å². The summed E-state index contributed by atoms with van der Waals surface area (Å²) in [4.78, 5) is 0. The first kappa shape index (κ1) is 18.8. The maximum absolute atomic E-state index is 2.41. The highest BCUT2D eigenvalue weighted by Gasteiger charge is 2.39. The Morgan fingerprint density at radius 2 is 0.727 bits per heavy atom. The van der Waals surface area contributed by atoms with Crippen molar-refractivity contribution in [2.45, 2.75) is 0 Å². The summed E-state index contributed by atoms with van der Waals surface area (Å²) in [7, 11) is -1.53. The molecule has 3 rings (SSSR count). The predicted octanol–water partition coefficient (Wildman–Crippen LogP) is 4.39. The maximum Gasteiger partial charge on any atom is 0.109 e. The molecule has 0 atom stereocenters. The van der Waals surface area contributed by atoms with Gasteiger partial charge in [0.05, 0.1) is 6.66 Å². The standard InChI is InChI=1S/C19H18P.HI.H3N/c1-20(17-11-5-2-6-12-17,18-13-7-3-8-14-18)19-15-9-4-10-16-19;;/h2-16H,1H3;1H;1H3/q+1;;. The van der Waals surface area contributed by atoms with Crippen molar-refractivity contribution in [3.05, 3.63) is 91.0 Å². The lowest BCUT2D eigenvalue weighted by Gasteiger charge is -2.22. The van der Waals surface area contributed by atoms with E-state index in [-0.39, 0.29) is 30.1 Å². The van der Waals surface area contributed by atoms with E-state index in [2.05, 4.69) is 97.7 Å². The summed E-state index contributed by atoms with van der Waals surface area (Å²) in [5.41, 5.74) is 0. The fourth-order valence-electron chi connectivity index (χ4n) is 2.63. The average molecular weight is 422 g/mol. The molecule has 0 aliphatic heterocycles. The van der Waals surface area contributed by atoms with Crippen LogP contribution in [-0.4, -0.2) is 6.66 Å². The Bertz CT molecular complexity index is 575. The van der Waals surface area contributed by atoms with Crippen molar-refractivity contribution in [3.63, 3.8) is 0 Å². The summed E-state index contributed by atoms with van der Waals surface area (Å²) in [6.45, 7) is 2.41. The molecule has 3 N–H and O–H groups in total. The summed E-state index contributed by atoms with van der Waals surface area (Å²) in [6, 6.07) is 32.6. The lowest BCUT2D eigenvalue weighted by molar-refractivity contribution is 1.72. The molecule has 0 aliphatic rings. The summed E-state index contributed by atoms with van der Waals surface area (Å²) in [5, 5.41) is 4.28. The quantitative estimate of drug-likeness (QED) is 0.493. The predicted molar refractivity (Wildman–Crippen MR) is 112 cm³/mol. The average Bonchev–Trinajstić information content (AvgIpc) is 2.56. The Kier molecular flexibility index (Phi) is 7.21. The molecule has 0 aromatic heterocycles. The molecule has 3 heteroatoms. The van der Waals surface area contributed by atoms with E-state index < -0.39 is 7.26 Å². The van der Waals surface area contributed by atoms with Crippen molar-refractivity contribution in [3.8, 4) is 0 Å². The third-order valence-corrected chi connectivity index (χ3v) is 7.81. The first-order valence-electron chi connectivity index (χ1n) is 6.85. The van der Waals surface area contributed by atoms with Gasteiger partial charge in [-0.05, 0) is 36.4 Å². The Balaban J connectivity index is 0.00000121. The van der Waals surface area contributed by atoms with Gasteiger partial charge in [-0.25, -0.2) is 0 Å². The van der Waals surface area contributed by atoms with E-state index in [1.165, 1.54) is 15.9 Å². The highest BCUT2D eigenvalue weighted by atomic mass is 127. The monoisotopic (exact) mass is 422 g/mol. The Morgan fingerprint density at radius 1 is 0.500 bits per heavy atom. The van der Waals surface area contributed by atoms with E-state index in [1.54, 1.807) is 0 Å². The van der Waals surface area contributed by atoms with Gasteiger partial charge in [0.2, 0.25) is 0 Å². The third-order valence-electron chi connectivity index (χ3n) is 3.82.